The molecule has 0 bridgehead atoms. The number of nitrogens with one attached hydrogen (secondary N) is 1. The zero-order valence-electron chi connectivity index (χ0n) is 11.6. The van der Waals surface area contributed by atoms with Gasteiger partial charge in [0.15, 0.2) is 0 Å². The lowest BCUT2D eigenvalue weighted by atomic mass is 10.2. The van der Waals surface area contributed by atoms with Gasteiger partial charge in [0, 0.05) is 6.61 Å². The molecule has 0 aliphatic heterocycles. The Kier molecular flexibility index (Phi) is 5.26. The van der Waals surface area contributed by atoms with Gasteiger partial charge in [-0.05, 0) is 43.9 Å². The summed E-state index contributed by atoms with van der Waals surface area (Å²) in [6.45, 7) is 7.60. The molecule has 1 saturated carbocycles. The highest BCUT2D eigenvalue weighted by Crippen LogP contribution is 2.32. The summed E-state index contributed by atoms with van der Waals surface area (Å²) in [5.74, 6) is 2.94. The Morgan fingerprint density at radius 1 is 1.44 bits per heavy atom. The van der Waals surface area contributed by atoms with Crippen molar-refractivity contribution in [1.82, 2.24) is 5.32 Å². The van der Waals surface area contributed by atoms with E-state index in [9.17, 15) is 0 Å². The molecule has 1 heterocycles. The van der Waals surface area contributed by atoms with Gasteiger partial charge in [0.2, 0.25) is 0 Å². The quantitative estimate of drug-likeness (QED) is 0.683. The monoisotopic (exact) mass is 251 g/mol. The molecule has 1 aliphatic carbocycles. The van der Waals surface area contributed by atoms with E-state index in [0.29, 0.717) is 6.61 Å². The van der Waals surface area contributed by atoms with Crippen LogP contribution >= 0.6 is 0 Å². The van der Waals surface area contributed by atoms with Gasteiger partial charge in [-0.15, -0.1) is 0 Å². The summed E-state index contributed by atoms with van der Waals surface area (Å²) in [6.07, 6.45) is 5.16. The maximum atomic E-state index is 5.80. The van der Waals surface area contributed by atoms with Crippen LogP contribution in [0.25, 0.3) is 0 Å². The van der Waals surface area contributed by atoms with Crippen LogP contribution in [0.15, 0.2) is 10.5 Å². The second-order valence-corrected chi connectivity index (χ2v) is 5.28. The van der Waals surface area contributed by atoms with Gasteiger partial charge in [0.1, 0.15) is 18.1 Å². The number of hydrogen-bond acceptors (Lipinski definition) is 3. The van der Waals surface area contributed by atoms with Gasteiger partial charge in [-0.1, -0.05) is 19.8 Å². The fourth-order valence-corrected chi connectivity index (χ4v) is 2.04. The second kappa shape index (κ2) is 6.95. The minimum absolute atomic E-state index is 0.612. The normalized spacial score (nSPS) is 15.2. The van der Waals surface area contributed by atoms with Crippen molar-refractivity contribution in [1.29, 1.82) is 0 Å². The Morgan fingerprint density at radius 3 is 3.00 bits per heavy atom. The molecule has 102 valence electrons. The molecule has 0 aromatic carbocycles. The molecular formula is C15H25NO2. The van der Waals surface area contributed by atoms with E-state index < -0.39 is 0 Å². The largest absolute Gasteiger partial charge is 0.462 e. The molecule has 0 spiro atoms. The van der Waals surface area contributed by atoms with Crippen LogP contribution in [0, 0.1) is 12.8 Å². The molecule has 0 unspecified atom stereocenters. The van der Waals surface area contributed by atoms with Crippen LogP contribution in [0.4, 0.5) is 0 Å². The Labute approximate surface area is 110 Å². The van der Waals surface area contributed by atoms with Crippen LogP contribution in [0.3, 0.4) is 0 Å². The maximum absolute atomic E-state index is 5.80. The highest BCUT2D eigenvalue weighted by atomic mass is 16.5. The van der Waals surface area contributed by atoms with Gasteiger partial charge in [-0.25, -0.2) is 0 Å². The molecule has 2 rings (SSSR count). The predicted octanol–water partition coefficient (Wildman–Crippen LogP) is 3.40. The zero-order chi connectivity index (χ0) is 12.8. The van der Waals surface area contributed by atoms with Crippen LogP contribution in [0.5, 0.6) is 0 Å². The van der Waals surface area contributed by atoms with E-state index in [4.69, 9.17) is 9.15 Å². The molecule has 0 atom stereocenters. The van der Waals surface area contributed by atoms with Crippen molar-refractivity contribution in [3.05, 3.63) is 23.2 Å². The molecule has 1 fully saturated rings. The van der Waals surface area contributed by atoms with Crippen molar-refractivity contribution in [2.75, 3.05) is 13.2 Å². The maximum Gasteiger partial charge on any atom is 0.130 e. The molecule has 3 nitrogen and oxygen atoms in total. The molecule has 0 saturated heterocycles. The molecule has 1 aromatic rings. The van der Waals surface area contributed by atoms with Gasteiger partial charge in [-0.3, -0.25) is 0 Å². The lowest BCUT2D eigenvalue weighted by molar-refractivity contribution is 0.0999. The van der Waals surface area contributed by atoms with E-state index in [-0.39, 0.29) is 0 Å². The van der Waals surface area contributed by atoms with Crippen LogP contribution in [0.1, 0.15) is 49.7 Å². The summed E-state index contributed by atoms with van der Waals surface area (Å²) in [6, 6.07) is 2.10. The minimum Gasteiger partial charge on any atom is -0.462 e. The third-order valence-corrected chi connectivity index (χ3v) is 3.40. The summed E-state index contributed by atoms with van der Waals surface area (Å²) < 4.78 is 11.4. The molecule has 1 aromatic heterocycles. The topological polar surface area (TPSA) is 34.4 Å². The van der Waals surface area contributed by atoms with E-state index in [0.717, 1.165) is 43.6 Å². The van der Waals surface area contributed by atoms with Gasteiger partial charge < -0.3 is 14.5 Å². The average Bonchev–Trinajstić information content (AvgIpc) is 3.11. The Hall–Kier alpha value is -0.800. The summed E-state index contributed by atoms with van der Waals surface area (Å²) >= 11 is 0. The van der Waals surface area contributed by atoms with Crippen molar-refractivity contribution in [2.45, 2.75) is 52.7 Å². The SMILES string of the molecule is CCCNCc1oc(COCCC2CC2)cc1C. The summed E-state index contributed by atoms with van der Waals surface area (Å²) in [7, 11) is 0. The Balaban J connectivity index is 1.68. The first-order valence-electron chi connectivity index (χ1n) is 7.16. The van der Waals surface area contributed by atoms with Gasteiger partial charge in [0.05, 0.1) is 6.54 Å². The van der Waals surface area contributed by atoms with E-state index in [2.05, 4.69) is 25.2 Å². The van der Waals surface area contributed by atoms with E-state index in [1.54, 1.807) is 0 Å². The van der Waals surface area contributed by atoms with Crippen LogP contribution in [0.2, 0.25) is 0 Å². The lowest BCUT2D eigenvalue weighted by Crippen LogP contribution is -2.13. The fraction of sp³-hybridized carbons (Fsp3) is 0.733. The minimum atomic E-state index is 0.612. The zero-order valence-corrected chi connectivity index (χ0v) is 11.6. The lowest BCUT2D eigenvalue weighted by Gasteiger charge is -2.02. The third-order valence-electron chi connectivity index (χ3n) is 3.40. The first kappa shape index (κ1) is 13.6. The Morgan fingerprint density at radius 2 is 2.28 bits per heavy atom. The molecule has 0 amide bonds. The number of rotatable bonds is 9. The highest BCUT2D eigenvalue weighted by molar-refractivity contribution is 5.19. The number of ether oxygens (including phenoxy) is 1. The van der Waals surface area contributed by atoms with Crippen molar-refractivity contribution in [3.8, 4) is 0 Å². The molecule has 1 aliphatic rings. The Bertz CT molecular complexity index is 355. The van der Waals surface area contributed by atoms with Crippen molar-refractivity contribution < 1.29 is 9.15 Å². The summed E-state index contributed by atoms with van der Waals surface area (Å²) in [4.78, 5) is 0. The van der Waals surface area contributed by atoms with E-state index in [1.165, 1.54) is 24.8 Å². The number of hydrogen-bond donors (Lipinski definition) is 1. The molecule has 3 heteroatoms. The first-order chi connectivity index (χ1) is 8.79. The second-order valence-electron chi connectivity index (χ2n) is 5.28. The summed E-state index contributed by atoms with van der Waals surface area (Å²) in [5.41, 5.74) is 1.22. The third kappa shape index (κ3) is 4.46. The van der Waals surface area contributed by atoms with Crippen molar-refractivity contribution in [3.63, 3.8) is 0 Å². The molecule has 0 radical (unpaired) electrons. The van der Waals surface area contributed by atoms with Crippen LogP contribution < -0.4 is 5.32 Å². The van der Waals surface area contributed by atoms with Crippen LogP contribution in [-0.4, -0.2) is 13.2 Å². The molecule has 1 N–H and O–H groups in total. The predicted molar refractivity (Wildman–Crippen MR) is 72.4 cm³/mol. The van der Waals surface area contributed by atoms with Crippen molar-refractivity contribution in [2.24, 2.45) is 5.92 Å². The average molecular weight is 251 g/mol. The number of aryl methyl sites for hydroxylation is 1. The first-order valence-corrected chi connectivity index (χ1v) is 7.16. The molecule has 18 heavy (non-hydrogen) atoms. The fourth-order valence-electron chi connectivity index (χ4n) is 2.04. The van der Waals surface area contributed by atoms with Crippen LogP contribution in [-0.2, 0) is 17.9 Å². The number of furan rings is 1. The molecular weight excluding hydrogens is 226 g/mol. The van der Waals surface area contributed by atoms with Crippen molar-refractivity contribution >= 4 is 0 Å². The van der Waals surface area contributed by atoms with Gasteiger partial charge in [-0.2, -0.15) is 0 Å². The van der Waals surface area contributed by atoms with Gasteiger partial charge >= 0.3 is 0 Å². The van der Waals surface area contributed by atoms with E-state index in [1.807, 2.05) is 0 Å². The summed E-state index contributed by atoms with van der Waals surface area (Å²) in [5, 5.41) is 3.36. The van der Waals surface area contributed by atoms with Gasteiger partial charge in [0.25, 0.3) is 0 Å². The smallest absolute Gasteiger partial charge is 0.130 e. The van der Waals surface area contributed by atoms with E-state index >= 15 is 0 Å². The standard InChI is InChI=1S/C15H25NO2/c1-3-7-16-10-15-12(2)9-14(18-15)11-17-8-6-13-4-5-13/h9,13,16H,3-8,10-11H2,1-2H3. The highest BCUT2D eigenvalue weighted by Gasteiger charge is 2.20.